The third-order valence-corrected chi connectivity index (χ3v) is 9.21. The average Bonchev–Trinajstić information content (AvgIpc) is 3.67. The maximum atomic E-state index is 6.48. The van der Waals surface area contributed by atoms with E-state index in [9.17, 15) is 0 Å². The Kier molecular flexibility index (Phi) is 7.74. The standard InChI is InChI=1S/C43H45N5O/c1-41(2,3)29-16-17-45-40(23-29)48-38-13-11-10-12-36(38)37-15-14-34(25-39(37)48)49-35-24-33(26-44-27-35)47-19-18-46(28-47)32-21-30(42(4,5)6)20-31(22-32)43(7,8)9/h10-27H,1-9H3. The molecule has 6 heteroatoms. The largest absolute Gasteiger partial charge is 0.456 e. The van der Waals surface area contributed by atoms with Crippen molar-refractivity contribution in [1.82, 2.24) is 19.1 Å². The number of pyridine rings is 2. The molecule has 0 saturated carbocycles. The fraction of sp³-hybridized carbons (Fsp3) is 0.279. The Labute approximate surface area is 289 Å². The van der Waals surface area contributed by atoms with Gasteiger partial charge in [0, 0.05) is 41.6 Å². The summed E-state index contributed by atoms with van der Waals surface area (Å²) in [6.45, 7) is 20.2. The van der Waals surface area contributed by atoms with Gasteiger partial charge in [0.15, 0.2) is 0 Å². The minimum Gasteiger partial charge on any atom is -0.456 e. The molecule has 0 unspecified atom stereocenters. The highest BCUT2D eigenvalue weighted by atomic mass is 16.5. The van der Waals surface area contributed by atoms with E-state index in [0.717, 1.165) is 39.4 Å². The van der Waals surface area contributed by atoms with Crippen molar-refractivity contribution in [2.75, 3.05) is 0 Å². The van der Waals surface area contributed by atoms with Crippen LogP contribution in [0.2, 0.25) is 0 Å². The molecular formula is C43H45N5O. The Morgan fingerprint density at radius 2 is 1.35 bits per heavy atom. The summed E-state index contributed by atoms with van der Waals surface area (Å²) in [6, 6.07) is 27.9. The lowest BCUT2D eigenvalue weighted by Crippen LogP contribution is -2.30. The fourth-order valence-electron chi connectivity index (χ4n) is 6.22. The molecule has 0 spiro atoms. The average molecular weight is 648 g/mol. The number of hydrogen-bond acceptors (Lipinski definition) is 3. The SMILES string of the molecule is CC(C)(C)c1cc(-[n+]2[c-]n(-c3cncc(Oc4ccc5c6ccccc6n(-c6cc(C(C)(C)C)ccn6)c5c4)c3)cc2)cc(C(C)(C)C)c1. The number of hydrogen-bond donors (Lipinski definition) is 0. The minimum atomic E-state index is 0.00495. The lowest BCUT2D eigenvalue weighted by Gasteiger charge is -2.26. The van der Waals surface area contributed by atoms with Crippen LogP contribution in [0.25, 0.3) is 39.0 Å². The van der Waals surface area contributed by atoms with Crippen LogP contribution in [0.4, 0.5) is 0 Å². The third-order valence-electron chi connectivity index (χ3n) is 9.21. The van der Waals surface area contributed by atoms with Gasteiger partial charge >= 0.3 is 0 Å². The second kappa shape index (κ2) is 11.7. The van der Waals surface area contributed by atoms with Gasteiger partial charge in [0.05, 0.1) is 28.6 Å². The summed E-state index contributed by atoms with van der Waals surface area (Å²) in [6.07, 6.45) is 13.0. The van der Waals surface area contributed by atoms with Crippen LogP contribution in [0, 0.1) is 6.33 Å². The molecule has 6 nitrogen and oxygen atoms in total. The van der Waals surface area contributed by atoms with Gasteiger partial charge in [-0.15, -0.1) is 0 Å². The number of nitrogens with zero attached hydrogens (tertiary/aromatic N) is 5. The Hall–Kier alpha value is -5.23. The molecular weight excluding hydrogens is 603 g/mol. The second-order valence-corrected chi connectivity index (χ2v) is 16.1. The first-order chi connectivity index (χ1) is 23.1. The number of fused-ring (bicyclic) bond motifs is 3. The van der Waals surface area contributed by atoms with Gasteiger partial charge < -0.3 is 4.74 Å². The van der Waals surface area contributed by atoms with Gasteiger partial charge in [0.25, 0.3) is 6.33 Å². The van der Waals surface area contributed by atoms with Crippen LogP contribution in [0.15, 0.2) is 110 Å². The number of para-hydroxylation sites is 1. The maximum Gasteiger partial charge on any atom is 0.268 e. The molecule has 49 heavy (non-hydrogen) atoms. The smallest absolute Gasteiger partial charge is 0.268 e. The molecule has 0 saturated heterocycles. The molecule has 0 bridgehead atoms. The molecule has 0 aliphatic rings. The van der Waals surface area contributed by atoms with E-state index in [1.54, 1.807) is 6.20 Å². The van der Waals surface area contributed by atoms with Gasteiger partial charge in [-0.2, -0.15) is 0 Å². The van der Waals surface area contributed by atoms with E-state index in [1.165, 1.54) is 22.1 Å². The summed E-state index contributed by atoms with van der Waals surface area (Å²) in [4.78, 5) is 9.35. The van der Waals surface area contributed by atoms with Crippen LogP contribution in [0.5, 0.6) is 11.5 Å². The summed E-state index contributed by atoms with van der Waals surface area (Å²) in [7, 11) is 0. The zero-order chi connectivity index (χ0) is 34.7. The normalized spacial score (nSPS) is 12.6. The Morgan fingerprint density at radius 1 is 0.653 bits per heavy atom. The number of imidazole rings is 1. The molecule has 0 amide bonds. The van der Waals surface area contributed by atoms with Gasteiger partial charge in [-0.05, 0) is 81.5 Å². The molecule has 0 aliphatic carbocycles. The number of benzene rings is 3. The summed E-state index contributed by atoms with van der Waals surface area (Å²) < 4.78 is 12.7. The maximum absolute atomic E-state index is 6.48. The molecule has 248 valence electrons. The van der Waals surface area contributed by atoms with Crippen molar-refractivity contribution in [3.05, 3.63) is 133 Å². The van der Waals surface area contributed by atoms with E-state index in [4.69, 9.17) is 9.72 Å². The quantitative estimate of drug-likeness (QED) is 0.138. The van der Waals surface area contributed by atoms with Gasteiger partial charge in [0.1, 0.15) is 17.3 Å². The van der Waals surface area contributed by atoms with Gasteiger partial charge in [-0.25, -0.2) is 4.98 Å². The molecule has 4 heterocycles. The van der Waals surface area contributed by atoms with Crippen molar-refractivity contribution in [1.29, 1.82) is 0 Å². The predicted octanol–water partition coefficient (Wildman–Crippen LogP) is 10.1. The van der Waals surface area contributed by atoms with Crippen LogP contribution in [0.1, 0.15) is 79.0 Å². The minimum absolute atomic E-state index is 0.00495. The van der Waals surface area contributed by atoms with Crippen molar-refractivity contribution < 1.29 is 9.30 Å². The first-order valence-electron chi connectivity index (χ1n) is 17.0. The molecule has 7 rings (SSSR count). The lowest BCUT2D eigenvalue weighted by atomic mass is 9.80. The van der Waals surface area contributed by atoms with Crippen LogP contribution < -0.4 is 9.30 Å². The highest BCUT2D eigenvalue weighted by Gasteiger charge is 2.22. The topological polar surface area (TPSA) is 48.8 Å². The molecule has 0 N–H and O–H groups in total. The van der Waals surface area contributed by atoms with Gasteiger partial charge in [0.2, 0.25) is 0 Å². The second-order valence-electron chi connectivity index (χ2n) is 16.1. The van der Waals surface area contributed by atoms with Crippen molar-refractivity contribution in [2.24, 2.45) is 0 Å². The Bertz CT molecular complexity index is 2290. The van der Waals surface area contributed by atoms with E-state index in [0.29, 0.717) is 5.75 Å². The molecule has 3 aromatic carbocycles. The zero-order valence-electron chi connectivity index (χ0n) is 30.0. The first kappa shape index (κ1) is 32.3. The Morgan fingerprint density at radius 3 is 2.06 bits per heavy atom. The van der Waals surface area contributed by atoms with Crippen molar-refractivity contribution in [3.8, 4) is 28.7 Å². The number of aromatic nitrogens is 5. The summed E-state index contributed by atoms with van der Waals surface area (Å²) in [5.74, 6) is 2.26. The predicted molar refractivity (Wildman–Crippen MR) is 199 cm³/mol. The van der Waals surface area contributed by atoms with Crippen LogP contribution in [0.3, 0.4) is 0 Å². The van der Waals surface area contributed by atoms with E-state index < -0.39 is 0 Å². The van der Waals surface area contributed by atoms with Gasteiger partial charge in [-0.3, -0.25) is 18.7 Å². The Balaban J connectivity index is 1.23. The molecule has 0 fully saturated rings. The van der Waals surface area contributed by atoms with E-state index in [-0.39, 0.29) is 16.2 Å². The summed E-state index contributed by atoms with van der Waals surface area (Å²) in [5, 5.41) is 2.32. The zero-order valence-corrected chi connectivity index (χ0v) is 30.0. The van der Waals surface area contributed by atoms with Crippen molar-refractivity contribution in [3.63, 3.8) is 0 Å². The lowest BCUT2D eigenvalue weighted by molar-refractivity contribution is -0.599. The van der Waals surface area contributed by atoms with Crippen molar-refractivity contribution in [2.45, 2.75) is 78.6 Å². The van der Waals surface area contributed by atoms with Gasteiger partial charge in [-0.1, -0.05) is 86.6 Å². The molecule has 0 aliphatic heterocycles. The number of rotatable bonds is 5. The van der Waals surface area contributed by atoms with Crippen molar-refractivity contribution >= 4 is 21.8 Å². The number of ether oxygens (including phenoxy) is 1. The summed E-state index contributed by atoms with van der Waals surface area (Å²) in [5.41, 5.74) is 7.98. The first-order valence-corrected chi connectivity index (χ1v) is 17.0. The van der Waals surface area contributed by atoms with Crippen LogP contribution in [-0.4, -0.2) is 19.1 Å². The summed E-state index contributed by atoms with van der Waals surface area (Å²) >= 11 is 0. The van der Waals surface area contributed by atoms with E-state index in [2.05, 4.69) is 145 Å². The van der Waals surface area contributed by atoms with E-state index >= 15 is 0 Å². The highest BCUT2D eigenvalue weighted by Crippen LogP contribution is 2.36. The molecule has 0 radical (unpaired) electrons. The fourth-order valence-corrected chi connectivity index (χ4v) is 6.22. The monoisotopic (exact) mass is 647 g/mol. The molecule has 4 aromatic heterocycles. The van der Waals surface area contributed by atoms with E-state index in [1.807, 2.05) is 46.1 Å². The van der Waals surface area contributed by atoms with Crippen LogP contribution in [-0.2, 0) is 16.2 Å². The highest BCUT2D eigenvalue weighted by molar-refractivity contribution is 6.09. The third kappa shape index (κ3) is 6.35. The van der Waals surface area contributed by atoms with Crippen LogP contribution >= 0.6 is 0 Å². The molecule has 0 atom stereocenters. The molecule has 7 aromatic rings.